The van der Waals surface area contributed by atoms with Crippen LogP contribution in [0.3, 0.4) is 0 Å². The van der Waals surface area contributed by atoms with Crippen molar-refractivity contribution in [2.45, 2.75) is 39.5 Å². The van der Waals surface area contributed by atoms with Gasteiger partial charge >= 0.3 is 0 Å². The van der Waals surface area contributed by atoms with Crippen molar-refractivity contribution in [2.75, 3.05) is 13.2 Å². The molecule has 0 spiro atoms. The Kier molecular flexibility index (Phi) is 6.32. The molecule has 0 aliphatic carbocycles. The number of hydrogen-bond acceptors (Lipinski definition) is 6. The average Bonchev–Trinajstić information content (AvgIpc) is 3.06. The molecular formula is C15H22N2O2S2. The van der Waals surface area contributed by atoms with Gasteiger partial charge in [0.1, 0.15) is 0 Å². The number of ether oxygens (including phenoxy) is 1. The van der Waals surface area contributed by atoms with Gasteiger partial charge in [-0.3, -0.25) is 0 Å². The summed E-state index contributed by atoms with van der Waals surface area (Å²) in [5.74, 6) is 0. The zero-order valence-corrected chi connectivity index (χ0v) is 14.3. The van der Waals surface area contributed by atoms with E-state index in [1.54, 1.807) is 22.7 Å². The third-order valence-electron chi connectivity index (χ3n) is 3.13. The molecule has 2 atom stereocenters. The summed E-state index contributed by atoms with van der Waals surface area (Å²) >= 11 is 3.37. The van der Waals surface area contributed by atoms with Crippen LogP contribution in [-0.2, 0) is 11.3 Å². The number of thiophene rings is 1. The van der Waals surface area contributed by atoms with Crippen molar-refractivity contribution in [3.63, 3.8) is 0 Å². The van der Waals surface area contributed by atoms with E-state index in [4.69, 9.17) is 4.74 Å². The first-order chi connectivity index (χ1) is 10.1. The maximum atomic E-state index is 9.95. The topological polar surface area (TPSA) is 54.4 Å². The monoisotopic (exact) mass is 326 g/mol. The van der Waals surface area contributed by atoms with Gasteiger partial charge in [0, 0.05) is 22.3 Å². The summed E-state index contributed by atoms with van der Waals surface area (Å²) in [6, 6.07) is 4.23. The first kappa shape index (κ1) is 16.6. The van der Waals surface area contributed by atoms with Crippen LogP contribution >= 0.6 is 22.7 Å². The van der Waals surface area contributed by atoms with Gasteiger partial charge in [0.2, 0.25) is 0 Å². The lowest BCUT2D eigenvalue weighted by molar-refractivity contribution is 0.0288. The van der Waals surface area contributed by atoms with E-state index >= 15 is 0 Å². The summed E-state index contributed by atoms with van der Waals surface area (Å²) in [6.07, 6.45) is -0.498. The van der Waals surface area contributed by atoms with Crippen LogP contribution in [0.4, 0.5) is 0 Å². The highest BCUT2D eigenvalue weighted by atomic mass is 32.1. The lowest BCUT2D eigenvalue weighted by Gasteiger charge is -2.16. The first-order valence-corrected chi connectivity index (χ1v) is 8.71. The summed E-state index contributed by atoms with van der Waals surface area (Å²) in [6.45, 7) is 7.57. The van der Waals surface area contributed by atoms with Crippen LogP contribution in [-0.4, -0.2) is 29.3 Å². The van der Waals surface area contributed by atoms with Gasteiger partial charge in [-0.05, 0) is 32.2 Å². The van der Waals surface area contributed by atoms with Gasteiger partial charge in [0.25, 0.3) is 0 Å². The van der Waals surface area contributed by atoms with Gasteiger partial charge in [-0.25, -0.2) is 4.98 Å². The van der Waals surface area contributed by atoms with Crippen molar-refractivity contribution in [1.29, 1.82) is 0 Å². The minimum absolute atomic E-state index is 0.197. The fraction of sp³-hybridized carbons (Fsp3) is 0.533. The standard InChI is InChI=1S/C15H22N2O2S2/c1-10(15-11(2)17-12(3)21-15)16-7-13(18)8-19-9-14-5-4-6-20-14/h4-6,10,13,16,18H,7-9H2,1-3H3. The fourth-order valence-electron chi connectivity index (χ4n) is 2.10. The minimum atomic E-state index is -0.498. The van der Waals surface area contributed by atoms with E-state index in [0.29, 0.717) is 19.8 Å². The van der Waals surface area contributed by atoms with Crippen LogP contribution in [0.2, 0.25) is 0 Å². The molecule has 2 rings (SSSR count). The third-order valence-corrected chi connectivity index (χ3v) is 5.23. The molecule has 0 radical (unpaired) electrons. The number of aryl methyl sites for hydroxylation is 2. The molecule has 0 aliphatic rings. The molecule has 0 fully saturated rings. The van der Waals surface area contributed by atoms with Crippen molar-refractivity contribution >= 4 is 22.7 Å². The Morgan fingerprint density at radius 1 is 1.43 bits per heavy atom. The fourth-order valence-corrected chi connectivity index (χ4v) is 3.70. The smallest absolute Gasteiger partial charge is 0.0900 e. The predicted octanol–water partition coefficient (Wildman–Crippen LogP) is 3.05. The summed E-state index contributed by atoms with van der Waals surface area (Å²) in [5, 5.41) is 16.4. The number of rotatable bonds is 8. The molecule has 2 aromatic rings. The Balaban J connectivity index is 1.68. The average molecular weight is 326 g/mol. The number of thiazole rings is 1. The normalized spacial score (nSPS) is 14.3. The van der Waals surface area contributed by atoms with Crippen LogP contribution in [0, 0.1) is 13.8 Å². The Hall–Kier alpha value is -0.790. The van der Waals surface area contributed by atoms with E-state index < -0.39 is 6.10 Å². The molecule has 6 heteroatoms. The molecule has 116 valence electrons. The zero-order valence-electron chi connectivity index (χ0n) is 12.6. The second-order valence-electron chi connectivity index (χ2n) is 5.06. The number of nitrogens with one attached hydrogen (secondary N) is 1. The van der Waals surface area contributed by atoms with Crippen LogP contribution in [0.1, 0.15) is 33.4 Å². The van der Waals surface area contributed by atoms with Gasteiger partial charge < -0.3 is 15.2 Å². The number of hydrogen-bond donors (Lipinski definition) is 2. The van der Waals surface area contributed by atoms with Crippen molar-refractivity contribution in [3.8, 4) is 0 Å². The highest BCUT2D eigenvalue weighted by molar-refractivity contribution is 7.11. The Morgan fingerprint density at radius 3 is 2.86 bits per heavy atom. The van der Waals surface area contributed by atoms with Gasteiger partial charge in [-0.2, -0.15) is 0 Å². The minimum Gasteiger partial charge on any atom is -0.389 e. The van der Waals surface area contributed by atoms with Crippen LogP contribution < -0.4 is 5.32 Å². The summed E-state index contributed by atoms with van der Waals surface area (Å²) in [5.41, 5.74) is 1.07. The lowest BCUT2D eigenvalue weighted by atomic mass is 10.2. The van der Waals surface area contributed by atoms with E-state index in [1.807, 2.05) is 31.4 Å². The second kappa shape index (κ2) is 8.00. The molecule has 4 nitrogen and oxygen atoms in total. The molecule has 2 N–H and O–H groups in total. The van der Waals surface area contributed by atoms with Gasteiger partial charge in [0.05, 0.1) is 30.0 Å². The van der Waals surface area contributed by atoms with Crippen molar-refractivity contribution in [2.24, 2.45) is 0 Å². The molecule has 2 aromatic heterocycles. The maximum absolute atomic E-state index is 9.95. The van der Waals surface area contributed by atoms with Crippen LogP contribution in [0.15, 0.2) is 17.5 Å². The van der Waals surface area contributed by atoms with Crippen molar-refractivity contribution < 1.29 is 9.84 Å². The predicted molar refractivity (Wildman–Crippen MR) is 88.0 cm³/mol. The summed E-state index contributed by atoms with van der Waals surface area (Å²) in [7, 11) is 0. The number of aliphatic hydroxyl groups is 1. The highest BCUT2D eigenvalue weighted by Crippen LogP contribution is 2.24. The Morgan fingerprint density at radius 2 is 2.24 bits per heavy atom. The van der Waals surface area contributed by atoms with Crippen LogP contribution in [0.5, 0.6) is 0 Å². The molecule has 21 heavy (non-hydrogen) atoms. The number of aromatic nitrogens is 1. The Labute approximate surface area is 133 Å². The molecule has 2 unspecified atom stereocenters. The van der Waals surface area contributed by atoms with Gasteiger partial charge in [-0.15, -0.1) is 22.7 Å². The molecule has 0 aromatic carbocycles. The molecule has 0 saturated carbocycles. The van der Waals surface area contributed by atoms with Crippen molar-refractivity contribution in [1.82, 2.24) is 10.3 Å². The molecule has 0 bridgehead atoms. The summed E-state index contributed by atoms with van der Waals surface area (Å²) in [4.78, 5) is 6.85. The Bertz CT molecular complexity index is 540. The first-order valence-electron chi connectivity index (χ1n) is 7.01. The molecular weight excluding hydrogens is 304 g/mol. The summed E-state index contributed by atoms with van der Waals surface area (Å²) < 4.78 is 5.52. The van der Waals surface area contributed by atoms with E-state index in [2.05, 4.69) is 17.2 Å². The van der Waals surface area contributed by atoms with E-state index in [9.17, 15) is 5.11 Å². The third kappa shape index (κ3) is 5.16. The lowest BCUT2D eigenvalue weighted by Crippen LogP contribution is -2.32. The SMILES string of the molecule is Cc1nc(C)c(C(C)NCC(O)COCc2cccs2)s1. The van der Waals surface area contributed by atoms with E-state index in [1.165, 1.54) is 9.75 Å². The molecule has 0 aliphatic heterocycles. The maximum Gasteiger partial charge on any atom is 0.0900 e. The molecule has 2 heterocycles. The number of nitrogens with zero attached hydrogens (tertiary/aromatic N) is 1. The van der Waals surface area contributed by atoms with Gasteiger partial charge in [0.15, 0.2) is 0 Å². The van der Waals surface area contributed by atoms with Crippen molar-refractivity contribution in [3.05, 3.63) is 38.0 Å². The van der Waals surface area contributed by atoms with E-state index in [-0.39, 0.29) is 6.04 Å². The largest absolute Gasteiger partial charge is 0.389 e. The quantitative estimate of drug-likeness (QED) is 0.783. The number of aliphatic hydroxyl groups excluding tert-OH is 1. The van der Waals surface area contributed by atoms with Gasteiger partial charge in [-0.1, -0.05) is 6.07 Å². The molecule has 0 saturated heterocycles. The van der Waals surface area contributed by atoms with Crippen LogP contribution in [0.25, 0.3) is 0 Å². The second-order valence-corrected chi connectivity index (χ2v) is 7.33. The van der Waals surface area contributed by atoms with E-state index in [0.717, 1.165) is 10.7 Å². The highest BCUT2D eigenvalue weighted by Gasteiger charge is 2.14. The molecule has 0 amide bonds. The zero-order chi connectivity index (χ0) is 15.2.